The van der Waals surface area contributed by atoms with E-state index in [2.05, 4.69) is 5.16 Å². The molecule has 0 heterocycles. The number of hydrogen-bond donors (Lipinski definition) is 3. The van der Waals surface area contributed by atoms with E-state index >= 15 is 0 Å². The molecule has 0 aliphatic heterocycles. The quantitative estimate of drug-likeness (QED) is 0.279. The van der Waals surface area contributed by atoms with Crippen LogP contribution in [0.4, 0.5) is 0 Å². The Bertz CT molecular complexity index is 300. The minimum atomic E-state index is -0.684. The molecule has 100 valence electrons. The van der Waals surface area contributed by atoms with Crippen molar-refractivity contribution in [1.29, 1.82) is 0 Å². The molecule has 0 saturated carbocycles. The summed E-state index contributed by atoms with van der Waals surface area (Å²) in [6.07, 6.45) is 0. The summed E-state index contributed by atoms with van der Waals surface area (Å²) in [5.74, 6) is -1.15. The second-order valence-electron chi connectivity index (χ2n) is 5.11. The number of oxime groups is 1. The summed E-state index contributed by atoms with van der Waals surface area (Å²) in [6, 6.07) is 0. The summed E-state index contributed by atoms with van der Waals surface area (Å²) in [6.45, 7) is 6.97. The van der Waals surface area contributed by atoms with Crippen LogP contribution in [-0.4, -0.2) is 46.1 Å². The average Bonchev–Trinajstić information content (AvgIpc) is 2.27. The maximum atomic E-state index is 12.2. The molecule has 1 unspecified atom stereocenters. The van der Waals surface area contributed by atoms with E-state index in [1.165, 1.54) is 4.90 Å². The van der Waals surface area contributed by atoms with Gasteiger partial charge in [0.1, 0.15) is 5.92 Å². The smallest absolute Gasteiger partial charge is 0.233 e. The van der Waals surface area contributed by atoms with E-state index in [1.54, 1.807) is 20.9 Å². The van der Waals surface area contributed by atoms with Crippen LogP contribution in [0, 0.1) is 11.8 Å². The molecule has 0 aromatic carbocycles. The van der Waals surface area contributed by atoms with Gasteiger partial charge in [-0.2, -0.15) is 0 Å². The van der Waals surface area contributed by atoms with Crippen LogP contribution in [0.15, 0.2) is 5.16 Å². The number of amides is 1. The van der Waals surface area contributed by atoms with Gasteiger partial charge in [0, 0.05) is 7.05 Å². The Balaban J connectivity index is 5.12. The molecule has 4 N–H and O–H groups in total. The van der Waals surface area contributed by atoms with Gasteiger partial charge in [-0.25, -0.2) is 0 Å². The van der Waals surface area contributed by atoms with Crippen molar-refractivity contribution in [2.75, 3.05) is 13.7 Å². The molecule has 0 bridgehead atoms. The molecule has 1 atom stereocenters. The number of nitrogens with zero attached hydrogens (tertiary/aromatic N) is 2. The predicted octanol–water partition coefficient (Wildman–Crippen LogP) is 0.234. The Morgan fingerprint density at radius 1 is 1.47 bits per heavy atom. The first kappa shape index (κ1) is 15.7. The van der Waals surface area contributed by atoms with Crippen molar-refractivity contribution >= 4 is 11.7 Å². The van der Waals surface area contributed by atoms with Crippen LogP contribution in [0.25, 0.3) is 0 Å². The number of aliphatic hydroxyl groups is 1. The first-order valence-electron chi connectivity index (χ1n) is 5.55. The average molecular weight is 245 g/mol. The highest BCUT2D eigenvalue weighted by Crippen LogP contribution is 2.19. The summed E-state index contributed by atoms with van der Waals surface area (Å²) in [7, 11) is 1.60. The Hall–Kier alpha value is -1.30. The summed E-state index contributed by atoms with van der Waals surface area (Å²) in [5, 5.41) is 20.8. The van der Waals surface area contributed by atoms with Gasteiger partial charge in [0.15, 0.2) is 5.84 Å². The standard InChI is InChI=1S/C11H23N3O3/c1-7(2)8(9(12)13-17)10(16)14(5)11(3,4)6-15/h7-8,15,17H,6H2,1-5H3,(H2,12,13). The molecule has 6 heteroatoms. The van der Waals surface area contributed by atoms with Gasteiger partial charge in [0.05, 0.1) is 12.1 Å². The summed E-state index contributed by atoms with van der Waals surface area (Å²) in [5.41, 5.74) is 4.85. The molecule has 0 saturated heterocycles. The lowest BCUT2D eigenvalue weighted by molar-refractivity contribution is -0.139. The summed E-state index contributed by atoms with van der Waals surface area (Å²) < 4.78 is 0. The van der Waals surface area contributed by atoms with Crippen molar-refractivity contribution in [2.24, 2.45) is 22.7 Å². The molecular formula is C11H23N3O3. The lowest BCUT2D eigenvalue weighted by atomic mass is 9.91. The second kappa shape index (κ2) is 5.86. The summed E-state index contributed by atoms with van der Waals surface area (Å²) in [4.78, 5) is 13.7. The monoisotopic (exact) mass is 245 g/mol. The Labute approximate surface area is 102 Å². The Morgan fingerprint density at radius 2 is 1.94 bits per heavy atom. The molecule has 0 aromatic heterocycles. The number of rotatable bonds is 5. The summed E-state index contributed by atoms with van der Waals surface area (Å²) >= 11 is 0. The maximum absolute atomic E-state index is 12.2. The number of aliphatic hydroxyl groups excluding tert-OH is 1. The predicted molar refractivity (Wildman–Crippen MR) is 65.7 cm³/mol. The van der Waals surface area contributed by atoms with Crippen LogP contribution in [0.3, 0.4) is 0 Å². The van der Waals surface area contributed by atoms with Crippen LogP contribution >= 0.6 is 0 Å². The lowest BCUT2D eigenvalue weighted by Crippen LogP contribution is -2.53. The zero-order chi connectivity index (χ0) is 13.8. The van der Waals surface area contributed by atoms with Gasteiger partial charge in [-0.15, -0.1) is 0 Å². The Kier molecular flexibility index (Phi) is 5.41. The van der Waals surface area contributed by atoms with E-state index < -0.39 is 11.5 Å². The number of nitrogens with two attached hydrogens (primary N) is 1. The van der Waals surface area contributed by atoms with Crippen molar-refractivity contribution in [3.05, 3.63) is 0 Å². The fraction of sp³-hybridized carbons (Fsp3) is 0.818. The van der Waals surface area contributed by atoms with Gasteiger partial charge in [-0.1, -0.05) is 19.0 Å². The molecule has 0 aliphatic rings. The molecular weight excluding hydrogens is 222 g/mol. The highest BCUT2D eigenvalue weighted by molar-refractivity contribution is 6.02. The van der Waals surface area contributed by atoms with Crippen LogP contribution < -0.4 is 5.73 Å². The highest BCUT2D eigenvalue weighted by atomic mass is 16.4. The number of amidine groups is 1. The third-order valence-electron chi connectivity index (χ3n) is 2.99. The van der Waals surface area contributed by atoms with Crippen molar-refractivity contribution < 1.29 is 15.1 Å². The lowest BCUT2D eigenvalue weighted by Gasteiger charge is -2.36. The van der Waals surface area contributed by atoms with Crippen molar-refractivity contribution in [3.8, 4) is 0 Å². The Morgan fingerprint density at radius 3 is 2.24 bits per heavy atom. The van der Waals surface area contributed by atoms with Gasteiger partial charge in [-0.3, -0.25) is 4.79 Å². The minimum absolute atomic E-state index is 0.0876. The van der Waals surface area contributed by atoms with Crippen LogP contribution in [0.1, 0.15) is 27.7 Å². The fourth-order valence-electron chi connectivity index (χ4n) is 1.43. The topological polar surface area (TPSA) is 99.2 Å². The van der Waals surface area contributed by atoms with E-state index in [-0.39, 0.29) is 24.3 Å². The molecule has 0 rings (SSSR count). The molecule has 0 spiro atoms. The van der Waals surface area contributed by atoms with E-state index in [0.29, 0.717) is 0 Å². The van der Waals surface area contributed by atoms with Crippen LogP contribution in [0.2, 0.25) is 0 Å². The number of carbonyl (C=O) groups excluding carboxylic acids is 1. The number of likely N-dealkylation sites (N-methyl/N-ethyl adjacent to an activating group) is 1. The zero-order valence-electron chi connectivity index (χ0n) is 11.1. The largest absolute Gasteiger partial charge is 0.409 e. The fourth-order valence-corrected chi connectivity index (χ4v) is 1.43. The molecule has 6 nitrogen and oxygen atoms in total. The highest BCUT2D eigenvalue weighted by Gasteiger charge is 2.35. The SMILES string of the molecule is CC(C)C(C(=O)N(C)C(C)(C)CO)C(N)=NO. The molecule has 0 aromatic rings. The van der Waals surface area contributed by atoms with E-state index in [0.717, 1.165) is 0 Å². The van der Waals surface area contributed by atoms with E-state index in [9.17, 15) is 9.90 Å². The van der Waals surface area contributed by atoms with E-state index in [1.807, 2.05) is 13.8 Å². The van der Waals surface area contributed by atoms with Crippen LogP contribution in [-0.2, 0) is 4.79 Å². The number of carbonyl (C=O) groups is 1. The van der Waals surface area contributed by atoms with Crippen molar-refractivity contribution in [2.45, 2.75) is 33.2 Å². The molecule has 0 fully saturated rings. The van der Waals surface area contributed by atoms with E-state index in [4.69, 9.17) is 10.9 Å². The van der Waals surface area contributed by atoms with Gasteiger partial charge >= 0.3 is 0 Å². The molecule has 17 heavy (non-hydrogen) atoms. The molecule has 1 amide bonds. The van der Waals surface area contributed by atoms with Gasteiger partial charge < -0.3 is 20.9 Å². The van der Waals surface area contributed by atoms with Crippen LogP contribution in [0.5, 0.6) is 0 Å². The third kappa shape index (κ3) is 3.59. The zero-order valence-corrected chi connectivity index (χ0v) is 11.1. The third-order valence-corrected chi connectivity index (χ3v) is 2.99. The normalized spacial score (nSPS) is 14.9. The maximum Gasteiger partial charge on any atom is 0.233 e. The first-order chi connectivity index (χ1) is 7.68. The molecule has 0 aliphatic carbocycles. The minimum Gasteiger partial charge on any atom is -0.409 e. The first-order valence-corrected chi connectivity index (χ1v) is 5.55. The second-order valence-corrected chi connectivity index (χ2v) is 5.11. The van der Waals surface area contributed by atoms with Gasteiger partial charge in [0.25, 0.3) is 0 Å². The number of hydrogen-bond acceptors (Lipinski definition) is 4. The van der Waals surface area contributed by atoms with Crippen molar-refractivity contribution in [1.82, 2.24) is 4.90 Å². The van der Waals surface area contributed by atoms with Crippen molar-refractivity contribution in [3.63, 3.8) is 0 Å². The van der Waals surface area contributed by atoms with Gasteiger partial charge in [0.2, 0.25) is 5.91 Å². The van der Waals surface area contributed by atoms with Gasteiger partial charge in [-0.05, 0) is 19.8 Å². The molecule has 0 radical (unpaired) electrons.